The number of nitrogens with one attached hydrogen (secondary N) is 2. The van der Waals surface area contributed by atoms with E-state index in [1.54, 1.807) is 35.6 Å². The molecule has 2 amide bonds. The summed E-state index contributed by atoms with van der Waals surface area (Å²) in [4.78, 5) is 36.0. The number of aryl methyl sites for hydroxylation is 2. The molecule has 2 heterocycles. The van der Waals surface area contributed by atoms with Gasteiger partial charge in [-0.15, -0.1) is 11.3 Å². The highest BCUT2D eigenvalue weighted by Gasteiger charge is 2.24. The summed E-state index contributed by atoms with van der Waals surface area (Å²) in [5, 5.41) is 2.47. The first-order valence-corrected chi connectivity index (χ1v) is 11.8. The molecule has 1 unspecified atom stereocenters. The molecule has 0 bridgehead atoms. The van der Waals surface area contributed by atoms with Crippen molar-refractivity contribution in [3.8, 4) is 0 Å². The van der Waals surface area contributed by atoms with Crippen molar-refractivity contribution in [2.75, 3.05) is 5.75 Å². The fraction of sp³-hybridized carbons (Fsp3) is 0.333. The molecule has 9 heteroatoms. The van der Waals surface area contributed by atoms with E-state index in [0.717, 1.165) is 34.5 Å². The van der Waals surface area contributed by atoms with Gasteiger partial charge in [-0.2, -0.15) is 0 Å². The van der Waals surface area contributed by atoms with E-state index >= 15 is 0 Å². The maximum absolute atomic E-state index is 12.3. The van der Waals surface area contributed by atoms with E-state index < -0.39 is 5.91 Å². The number of hydrazine groups is 1. The standard InChI is InChI=1S/C21H21ClN4O2S2/c1-11-3-8-15-16(9-11)30-21-18(15)20(23-12(2)24-21)29-10-17(27)25-26-19(28)13-4-6-14(22)7-5-13/h4-7,11H,3,8-10H2,1-2H3,(H,25,27)(H,26,28). The van der Waals surface area contributed by atoms with Crippen LogP contribution in [0.5, 0.6) is 0 Å². The lowest BCUT2D eigenvalue weighted by Crippen LogP contribution is -2.42. The van der Waals surface area contributed by atoms with Gasteiger partial charge < -0.3 is 0 Å². The number of hydrogen-bond acceptors (Lipinski definition) is 6. The van der Waals surface area contributed by atoms with Gasteiger partial charge in [0, 0.05) is 20.8 Å². The molecular formula is C21H21ClN4O2S2. The van der Waals surface area contributed by atoms with Crippen molar-refractivity contribution in [3.63, 3.8) is 0 Å². The van der Waals surface area contributed by atoms with Crippen molar-refractivity contribution in [2.24, 2.45) is 5.92 Å². The Hall–Kier alpha value is -2.16. The third-order valence-corrected chi connectivity index (χ3v) is 7.37. The lowest BCUT2D eigenvalue weighted by atomic mass is 9.89. The summed E-state index contributed by atoms with van der Waals surface area (Å²) in [6, 6.07) is 6.44. The molecule has 2 N–H and O–H groups in total. The van der Waals surface area contributed by atoms with E-state index in [2.05, 4.69) is 27.7 Å². The molecule has 1 atom stereocenters. The summed E-state index contributed by atoms with van der Waals surface area (Å²) in [5.41, 5.74) is 6.64. The topological polar surface area (TPSA) is 84.0 Å². The van der Waals surface area contributed by atoms with E-state index in [0.29, 0.717) is 22.3 Å². The molecule has 0 saturated carbocycles. The summed E-state index contributed by atoms with van der Waals surface area (Å²) in [6.07, 6.45) is 3.27. The molecule has 6 nitrogen and oxygen atoms in total. The van der Waals surface area contributed by atoms with Gasteiger partial charge in [-0.3, -0.25) is 20.4 Å². The van der Waals surface area contributed by atoms with E-state index in [1.807, 2.05) is 6.92 Å². The third kappa shape index (κ3) is 4.61. The molecule has 1 aliphatic rings. The van der Waals surface area contributed by atoms with Crippen LogP contribution in [-0.2, 0) is 17.6 Å². The molecule has 0 fully saturated rings. The zero-order valence-electron chi connectivity index (χ0n) is 16.6. The number of halogens is 1. The summed E-state index contributed by atoms with van der Waals surface area (Å²) >= 11 is 8.95. The van der Waals surface area contributed by atoms with Crippen LogP contribution in [0.4, 0.5) is 0 Å². The fourth-order valence-electron chi connectivity index (χ4n) is 3.48. The maximum atomic E-state index is 12.3. The minimum Gasteiger partial charge on any atom is -0.272 e. The Labute approximate surface area is 187 Å². The van der Waals surface area contributed by atoms with Gasteiger partial charge >= 0.3 is 0 Å². The lowest BCUT2D eigenvalue weighted by molar-refractivity contribution is -0.119. The van der Waals surface area contributed by atoms with Crippen LogP contribution in [0.15, 0.2) is 29.3 Å². The van der Waals surface area contributed by atoms with Gasteiger partial charge in [0.2, 0.25) is 5.91 Å². The minimum absolute atomic E-state index is 0.146. The summed E-state index contributed by atoms with van der Waals surface area (Å²) in [5.74, 6) is 0.836. The number of benzene rings is 1. The predicted molar refractivity (Wildman–Crippen MR) is 121 cm³/mol. The average molecular weight is 461 g/mol. The maximum Gasteiger partial charge on any atom is 0.269 e. The number of aromatic nitrogens is 2. The summed E-state index contributed by atoms with van der Waals surface area (Å²) < 4.78 is 0. The molecule has 3 aromatic rings. The number of rotatable bonds is 4. The Balaban J connectivity index is 1.42. The fourth-order valence-corrected chi connectivity index (χ4v) is 6.00. The van der Waals surface area contributed by atoms with Crippen LogP contribution in [0.1, 0.15) is 40.0 Å². The first kappa shape index (κ1) is 21.1. The normalized spacial score (nSPS) is 15.6. The van der Waals surface area contributed by atoms with Gasteiger partial charge in [-0.1, -0.05) is 30.3 Å². The summed E-state index contributed by atoms with van der Waals surface area (Å²) in [7, 11) is 0. The molecule has 0 saturated heterocycles. The van der Waals surface area contributed by atoms with Crippen molar-refractivity contribution in [1.82, 2.24) is 20.8 Å². The number of carbonyl (C=O) groups is 2. The number of nitrogens with zero attached hydrogens (tertiary/aromatic N) is 2. The SMILES string of the molecule is Cc1nc(SCC(=O)NNC(=O)c2ccc(Cl)cc2)c2c3c(sc2n1)CC(C)CC3. The van der Waals surface area contributed by atoms with Crippen LogP contribution in [-0.4, -0.2) is 27.5 Å². The Morgan fingerprint density at radius 3 is 2.77 bits per heavy atom. The molecule has 0 radical (unpaired) electrons. The zero-order chi connectivity index (χ0) is 21.3. The molecule has 4 rings (SSSR count). The third-order valence-electron chi connectivity index (χ3n) is 5.00. The number of hydrogen-bond donors (Lipinski definition) is 2. The van der Waals surface area contributed by atoms with E-state index in [-0.39, 0.29) is 11.7 Å². The minimum atomic E-state index is -0.397. The van der Waals surface area contributed by atoms with Gasteiger partial charge in [0.25, 0.3) is 5.91 Å². The largest absolute Gasteiger partial charge is 0.272 e. The lowest BCUT2D eigenvalue weighted by Gasteiger charge is -2.18. The van der Waals surface area contributed by atoms with Crippen molar-refractivity contribution in [1.29, 1.82) is 0 Å². The Kier molecular flexibility index (Phi) is 6.26. The highest BCUT2D eigenvalue weighted by atomic mass is 35.5. The Morgan fingerprint density at radius 1 is 1.23 bits per heavy atom. The number of thioether (sulfide) groups is 1. The summed E-state index contributed by atoms with van der Waals surface area (Å²) in [6.45, 7) is 4.15. The van der Waals surface area contributed by atoms with Gasteiger partial charge in [-0.25, -0.2) is 9.97 Å². The first-order valence-electron chi connectivity index (χ1n) is 9.67. The molecule has 30 heavy (non-hydrogen) atoms. The molecular weight excluding hydrogens is 440 g/mol. The van der Waals surface area contributed by atoms with Crippen molar-refractivity contribution < 1.29 is 9.59 Å². The Morgan fingerprint density at radius 2 is 2.00 bits per heavy atom. The molecule has 156 valence electrons. The number of fused-ring (bicyclic) bond motifs is 3. The van der Waals surface area contributed by atoms with Crippen LogP contribution in [0.25, 0.3) is 10.2 Å². The first-order chi connectivity index (χ1) is 14.4. The van der Waals surface area contributed by atoms with Gasteiger partial charge in [0.15, 0.2) is 0 Å². The van der Waals surface area contributed by atoms with Crippen LogP contribution >= 0.6 is 34.7 Å². The van der Waals surface area contributed by atoms with E-state index in [1.165, 1.54) is 22.2 Å². The monoisotopic (exact) mass is 460 g/mol. The molecule has 1 aliphatic carbocycles. The van der Waals surface area contributed by atoms with Gasteiger partial charge in [0.1, 0.15) is 15.7 Å². The molecule has 1 aromatic carbocycles. The van der Waals surface area contributed by atoms with E-state index in [4.69, 9.17) is 11.6 Å². The van der Waals surface area contributed by atoms with Crippen molar-refractivity contribution in [3.05, 3.63) is 51.1 Å². The highest BCUT2D eigenvalue weighted by Crippen LogP contribution is 2.40. The van der Waals surface area contributed by atoms with Crippen LogP contribution in [0.3, 0.4) is 0 Å². The number of amides is 2. The Bertz CT molecular complexity index is 1110. The zero-order valence-corrected chi connectivity index (χ0v) is 19.0. The second-order valence-corrected chi connectivity index (χ2v) is 9.89. The van der Waals surface area contributed by atoms with Crippen LogP contribution < -0.4 is 10.9 Å². The number of carbonyl (C=O) groups excluding carboxylic acids is 2. The average Bonchev–Trinajstić information content (AvgIpc) is 3.07. The quantitative estimate of drug-likeness (QED) is 0.344. The second kappa shape index (κ2) is 8.91. The highest BCUT2D eigenvalue weighted by molar-refractivity contribution is 8.00. The van der Waals surface area contributed by atoms with E-state index in [9.17, 15) is 9.59 Å². The molecule has 0 spiro atoms. The van der Waals surface area contributed by atoms with Crippen molar-refractivity contribution >= 4 is 56.7 Å². The second-order valence-electron chi connectivity index (χ2n) is 7.41. The molecule has 0 aliphatic heterocycles. The van der Waals surface area contributed by atoms with Crippen molar-refractivity contribution in [2.45, 2.75) is 38.1 Å². The number of thiophene rings is 1. The molecule has 2 aromatic heterocycles. The predicted octanol–water partition coefficient (Wildman–Crippen LogP) is 4.33. The smallest absolute Gasteiger partial charge is 0.269 e. The van der Waals surface area contributed by atoms with Crippen LogP contribution in [0, 0.1) is 12.8 Å². The van der Waals surface area contributed by atoms with Gasteiger partial charge in [-0.05, 0) is 61.9 Å². The van der Waals surface area contributed by atoms with Gasteiger partial charge in [0.05, 0.1) is 5.75 Å². The van der Waals surface area contributed by atoms with Crippen LogP contribution in [0.2, 0.25) is 5.02 Å².